The quantitative estimate of drug-likeness (QED) is 0.469. The van der Waals surface area contributed by atoms with Crippen LogP contribution in [0.5, 0.6) is 0 Å². The fraction of sp³-hybridized carbons (Fsp3) is 0.250. The van der Waals surface area contributed by atoms with Gasteiger partial charge in [-0.3, -0.25) is 4.79 Å². The molecule has 2 nitrogen and oxygen atoms in total. The Balaban J connectivity index is 2.76. The molecule has 0 atom stereocenters. The monoisotopic (exact) mass is 274 g/mol. The zero-order valence-corrected chi connectivity index (χ0v) is 10.5. The van der Waals surface area contributed by atoms with Crippen LogP contribution in [-0.4, -0.2) is 12.6 Å². The standard InChI is InChI=1S/C12H9Cl2FO2/c1-2-17-11(16)5-3-4-8-6-9(13)12(15)10(14)7-8/h6-7H,2,5H2,1H3. The van der Waals surface area contributed by atoms with Gasteiger partial charge < -0.3 is 4.74 Å². The van der Waals surface area contributed by atoms with Crippen molar-refractivity contribution in [2.45, 2.75) is 13.3 Å². The molecule has 5 heteroatoms. The zero-order valence-electron chi connectivity index (χ0n) is 9.02. The van der Waals surface area contributed by atoms with Gasteiger partial charge in [-0.15, -0.1) is 0 Å². The summed E-state index contributed by atoms with van der Waals surface area (Å²) in [6.45, 7) is 2.03. The van der Waals surface area contributed by atoms with E-state index in [0.717, 1.165) is 0 Å². The molecule has 0 saturated heterocycles. The first-order chi connectivity index (χ1) is 8.04. The molecular formula is C12H9Cl2FO2. The number of esters is 1. The Kier molecular flexibility index (Phi) is 5.27. The van der Waals surface area contributed by atoms with E-state index in [1.165, 1.54) is 12.1 Å². The summed E-state index contributed by atoms with van der Waals surface area (Å²) in [6.07, 6.45) is -0.0273. The topological polar surface area (TPSA) is 26.3 Å². The number of carbonyl (C=O) groups is 1. The molecule has 0 amide bonds. The van der Waals surface area contributed by atoms with E-state index >= 15 is 0 Å². The number of halogens is 3. The van der Waals surface area contributed by atoms with Crippen LogP contribution in [0.3, 0.4) is 0 Å². The van der Waals surface area contributed by atoms with Gasteiger partial charge in [0.2, 0.25) is 0 Å². The molecule has 0 N–H and O–H groups in total. The molecule has 0 aliphatic rings. The van der Waals surface area contributed by atoms with Crippen molar-refractivity contribution in [2.75, 3.05) is 6.61 Å². The third kappa shape index (κ3) is 4.26. The maximum absolute atomic E-state index is 13.1. The SMILES string of the molecule is CCOC(=O)CC#Cc1cc(Cl)c(F)c(Cl)c1. The van der Waals surface area contributed by atoms with Crippen molar-refractivity contribution < 1.29 is 13.9 Å². The summed E-state index contributed by atoms with van der Waals surface area (Å²) in [4.78, 5) is 11.0. The van der Waals surface area contributed by atoms with Crippen LogP contribution >= 0.6 is 23.2 Å². The fourth-order valence-corrected chi connectivity index (χ4v) is 1.55. The Morgan fingerprint density at radius 2 is 2.00 bits per heavy atom. The smallest absolute Gasteiger partial charge is 0.317 e. The van der Waals surface area contributed by atoms with E-state index in [2.05, 4.69) is 11.8 Å². The highest BCUT2D eigenvalue weighted by Gasteiger charge is 2.06. The Morgan fingerprint density at radius 3 is 2.53 bits per heavy atom. The molecule has 0 unspecified atom stereocenters. The summed E-state index contributed by atoms with van der Waals surface area (Å²) in [5.41, 5.74) is 0.450. The normalized spacial score (nSPS) is 9.41. The van der Waals surface area contributed by atoms with Crippen molar-refractivity contribution in [3.05, 3.63) is 33.6 Å². The second-order valence-corrected chi connectivity index (χ2v) is 3.85. The van der Waals surface area contributed by atoms with Gasteiger partial charge in [-0.1, -0.05) is 35.0 Å². The van der Waals surface area contributed by atoms with Gasteiger partial charge in [0.05, 0.1) is 16.7 Å². The number of hydrogen-bond acceptors (Lipinski definition) is 2. The van der Waals surface area contributed by atoms with E-state index in [9.17, 15) is 9.18 Å². The van der Waals surface area contributed by atoms with Crippen LogP contribution in [0.2, 0.25) is 10.0 Å². The molecule has 0 aliphatic heterocycles. The van der Waals surface area contributed by atoms with Crippen LogP contribution in [-0.2, 0) is 9.53 Å². The molecule has 0 radical (unpaired) electrons. The lowest BCUT2D eigenvalue weighted by molar-refractivity contribution is -0.141. The zero-order chi connectivity index (χ0) is 12.8. The fourth-order valence-electron chi connectivity index (χ4n) is 1.06. The molecule has 0 heterocycles. The van der Waals surface area contributed by atoms with E-state index in [-0.39, 0.29) is 16.5 Å². The van der Waals surface area contributed by atoms with Crippen LogP contribution in [0, 0.1) is 17.7 Å². The van der Waals surface area contributed by atoms with Gasteiger partial charge >= 0.3 is 5.97 Å². The van der Waals surface area contributed by atoms with Gasteiger partial charge in [-0.05, 0) is 19.1 Å². The number of ether oxygens (including phenoxy) is 1. The van der Waals surface area contributed by atoms with Crippen LogP contribution < -0.4 is 0 Å². The van der Waals surface area contributed by atoms with Crippen molar-refractivity contribution in [3.8, 4) is 11.8 Å². The molecule has 1 rings (SSSR count). The number of rotatable bonds is 2. The third-order valence-electron chi connectivity index (χ3n) is 1.75. The largest absolute Gasteiger partial charge is 0.465 e. The highest BCUT2D eigenvalue weighted by atomic mass is 35.5. The Bertz CT molecular complexity index is 466. The van der Waals surface area contributed by atoms with E-state index in [1.54, 1.807) is 6.92 Å². The van der Waals surface area contributed by atoms with E-state index in [4.69, 9.17) is 27.9 Å². The Labute approximate surface area is 109 Å². The summed E-state index contributed by atoms with van der Waals surface area (Å²) < 4.78 is 17.8. The molecule has 0 fully saturated rings. The molecule has 0 bridgehead atoms. The summed E-state index contributed by atoms with van der Waals surface area (Å²) >= 11 is 11.2. The average molecular weight is 275 g/mol. The predicted molar refractivity (Wildman–Crippen MR) is 64.5 cm³/mol. The van der Waals surface area contributed by atoms with Crippen molar-refractivity contribution in [1.29, 1.82) is 0 Å². The molecule has 0 spiro atoms. The van der Waals surface area contributed by atoms with Gasteiger partial charge in [-0.25, -0.2) is 4.39 Å². The number of hydrogen-bond donors (Lipinski definition) is 0. The molecular weight excluding hydrogens is 266 g/mol. The summed E-state index contributed by atoms with van der Waals surface area (Å²) in [5.74, 6) is 4.17. The Morgan fingerprint density at radius 1 is 1.41 bits per heavy atom. The summed E-state index contributed by atoms with van der Waals surface area (Å²) in [7, 11) is 0. The van der Waals surface area contributed by atoms with Gasteiger partial charge in [0.1, 0.15) is 6.42 Å². The van der Waals surface area contributed by atoms with E-state index in [0.29, 0.717) is 12.2 Å². The van der Waals surface area contributed by atoms with E-state index < -0.39 is 11.8 Å². The van der Waals surface area contributed by atoms with Crippen molar-refractivity contribution in [3.63, 3.8) is 0 Å². The molecule has 1 aromatic rings. The molecule has 90 valence electrons. The molecule has 17 heavy (non-hydrogen) atoms. The first-order valence-electron chi connectivity index (χ1n) is 4.83. The average Bonchev–Trinajstić information content (AvgIpc) is 2.26. The molecule has 1 aromatic carbocycles. The minimum absolute atomic E-state index is 0.0273. The number of carbonyl (C=O) groups excluding carboxylic acids is 1. The van der Waals surface area contributed by atoms with Crippen LogP contribution in [0.15, 0.2) is 12.1 Å². The third-order valence-corrected chi connectivity index (χ3v) is 2.30. The van der Waals surface area contributed by atoms with Gasteiger partial charge in [0.25, 0.3) is 0 Å². The maximum Gasteiger partial charge on any atom is 0.317 e. The van der Waals surface area contributed by atoms with Gasteiger partial charge in [0, 0.05) is 5.56 Å². The summed E-state index contributed by atoms with van der Waals surface area (Å²) in [6, 6.07) is 2.70. The molecule has 0 saturated carbocycles. The van der Waals surface area contributed by atoms with E-state index in [1.807, 2.05) is 0 Å². The highest BCUT2D eigenvalue weighted by Crippen LogP contribution is 2.24. The van der Waals surface area contributed by atoms with Gasteiger partial charge in [-0.2, -0.15) is 0 Å². The van der Waals surface area contributed by atoms with Crippen molar-refractivity contribution in [1.82, 2.24) is 0 Å². The van der Waals surface area contributed by atoms with Gasteiger partial charge in [0.15, 0.2) is 5.82 Å². The van der Waals surface area contributed by atoms with Crippen molar-refractivity contribution >= 4 is 29.2 Å². The first-order valence-corrected chi connectivity index (χ1v) is 5.59. The minimum atomic E-state index is -0.677. The highest BCUT2D eigenvalue weighted by molar-refractivity contribution is 6.35. The lowest BCUT2D eigenvalue weighted by Gasteiger charge is -1.98. The number of benzene rings is 1. The molecule has 0 aliphatic carbocycles. The summed E-state index contributed by atoms with van der Waals surface area (Å²) in [5, 5.41) is -0.198. The predicted octanol–water partition coefficient (Wildman–Crippen LogP) is 3.44. The van der Waals surface area contributed by atoms with Crippen molar-refractivity contribution in [2.24, 2.45) is 0 Å². The Hall–Kier alpha value is -1.24. The van der Waals surface area contributed by atoms with Crippen LogP contribution in [0.25, 0.3) is 0 Å². The molecule has 0 aromatic heterocycles. The maximum atomic E-state index is 13.1. The second-order valence-electron chi connectivity index (χ2n) is 3.04. The first kappa shape index (κ1) is 13.8. The van der Waals surface area contributed by atoms with Crippen LogP contribution in [0.1, 0.15) is 18.9 Å². The lowest BCUT2D eigenvalue weighted by Crippen LogP contribution is -2.01. The van der Waals surface area contributed by atoms with Crippen LogP contribution in [0.4, 0.5) is 4.39 Å². The second kappa shape index (κ2) is 6.48. The minimum Gasteiger partial charge on any atom is -0.465 e. The lowest BCUT2D eigenvalue weighted by atomic mass is 10.2.